The molecule has 0 bridgehead atoms. The van der Waals surface area contributed by atoms with Crippen LogP contribution in [0.5, 0.6) is 0 Å². The first-order valence-electron chi connectivity index (χ1n) is 7.37. The predicted molar refractivity (Wildman–Crippen MR) is 80.2 cm³/mol. The summed E-state index contributed by atoms with van der Waals surface area (Å²) in [4.78, 5) is 14.7. The van der Waals surface area contributed by atoms with Crippen LogP contribution in [0, 0.1) is 20.8 Å². The summed E-state index contributed by atoms with van der Waals surface area (Å²) in [5, 5.41) is 4.09. The molecule has 110 valence electrons. The second-order valence-corrected chi connectivity index (χ2v) is 5.90. The van der Waals surface area contributed by atoms with E-state index in [9.17, 15) is 4.79 Å². The number of amides is 1. The van der Waals surface area contributed by atoms with E-state index in [4.69, 9.17) is 4.52 Å². The average molecular weight is 284 g/mol. The van der Waals surface area contributed by atoms with E-state index in [1.165, 1.54) is 0 Å². The minimum Gasteiger partial charge on any atom is -0.361 e. The number of carbonyl (C=O) groups is 1. The Labute approximate surface area is 124 Å². The summed E-state index contributed by atoms with van der Waals surface area (Å²) in [6.45, 7) is 6.70. The molecule has 1 amide bonds. The quantitative estimate of drug-likeness (QED) is 0.846. The maximum Gasteiger partial charge on any atom is 0.254 e. The van der Waals surface area contributed by atoms with Crippen LogP contribution in [0.4, 0.5) is 0 Å². The number of aromatic nitrogens is 1. The van der Waals surface area contributed by atoms with Crippen LogP contribution < -0.4 is 0 Å². The van der Waals surface area contributed by atoms with Gasteiger partial charge in [-0.1, -0.05) is 22.3 Å². The fourth-order valence-electron chi connectivity index (χ4n) is 3.12. The van der Waals surface area contributed by atoms with Gasteiger partial charge >= 0.3 is 0 Å². The average Bonchev–Trinajstić information content (AvgIpc) is 3.04. The molecular weight excluding hydrogens is 264 g/mol. The second kappa shape index (κ2) is 5.35. The Bertz CT molecular complexity index is 655. The van der Waals surface area contributed by atoms with Crippen LogP contribution in [0.3, 0.4) is 0 Å². The number of carbonyl (C=O) groups excluding carboxylic acids is 1. The normalized spacial score (nSPS) is 18.2. The van der Waals surface area contributed by atoms with Gasteiger partial charge in [0.05, 0.1) is 6.04 Å². The molecule has 1 aliphatic heterocycles. The molecule has 2 heterocycles. The van der Waals surface area contributed by atoms with E-state index >= 15 is 0 Å². The molecule has 0 aliphatic carbocycles. The van der Waals surface area contributed by atoms with E-state index in [1.54, 1.807) is 0 Å². The van der Waals surface area contributed by atoms with E-state index < -0.39 is 0 Å². The molecule has 1 aromatic heterocycles. The molecule has 0 spiro atoms. The van der Waals surface area contributed by atoms with E-state index in [1.807, 2.05) is 43.9 Å². The highest BCUT2D eigenvalue weighted by Crippen LogP contribution is 2.32. The first-order chi connectivity index (χ1) is 10.0. The molecule has 4 heteroatoms. The monoisotopic (exact) mass is 284 g/mol. The fraction of sp³-hybridized carbons (Fsp3) is 0.412. The predicted octanol–water partition coefficient (Wildman–Crippen LogP) is 3.58. The van der Waals surface area contributed by atoms with Crippen LogP contribution in [0.15, 0.2) is 28.8 Å². The Kier molecular flexibility index (Phi) is 3.53. The minimum absolute atomic E-state index is 0.0377. The van der Waals surface area contributed by atoms with Gasteiger partial charge in [0.15, 0.2) is 0 Å². The van der Waals surface area contributed by atoms with Gasteiger partial charge in [0.2, 0.25) is 0 Å². The highest BCUT2D eigenvalue weighted by molar-refractivity contribution is 5.95. The van der Waals surface area contributed by atoms with Crippen molar-refractivity contribution in [1.82, 2.24) is 10.1 Å². The second-order valence-electron chi connectivity index (χ2n) is 5.90. The Hall–Kier alpha value is -2.10. The maximum absolute atomic E-state index is 12.8. The van der Waals surface area contributed by atoms with Crippen LogP contribution in [0.25, 0.3) is 0 Å². The maximum atomic E-state index is 12.8. The number of likely N-dealkylation sites (tertiary alicyclic amines) is 1. The summed E-state index contributed by atoms with van der Waals surface area (Å²) in [6, 6.07) is 7.96. The number of aryl methyl sites for hydroxylation is 3. The Balaban J connectivity index is 1.89. The van der Waals surface area contributed by atoms with Crippen molar-refractivity contribution >= 4 is 5.91 Å². The molecule has 1 aliphatic rings. The van der Waals surface area contributed by atoms with Gasteiger partial charge in [-0.15, -0.1) is 0 Å². The highest BCUT2D eigenvalue weighted by atomic mass is 16.5. The zero-order valence-corrected chi connectivity index (χ0v) is 12.7. The lowest BCUT2D eigenvalue weighted by Crippen LogP contribution is -2.30. The third-order valence-corrected chi connectivity index (χ3v) is 3.97. The molecule has 1 saturated heterocycles. The SMILES string of the molecule is Cc1cc(C)cc(C(=O)N2CCC[C@H]2c2cc(C)on2)c1. The summed E-state index contributed by atoms with van der Waals surface area (Å²) < 4.78 is 5.16. The van der Waals surface area contributed by atoms with Crippen LogP contribution in [-0.2, 0) is 0 Å². The van der Waals surface area contributed by atoms with Gasteiger partial charge in [-0.25, -0.2) is 0 Å². The van der Waals surface area contributed by atoms with Crippen molar-refractivity contribution < 1.29 is 9.32 Å². The Morgan fingerprint density at radius 3 is 2.52 bits per heavy atom. The Morgan fingerprint density at radius 1 is 1.19 bits per heavy atom. The van der Waals surface area contributed by atoms with Gasteiger partial charge in [0.25, 0.3) is 5.91 Å². The molecule has 1 atom stereocenters. The number of rotatable bonds is 2. The fourth-order valence-corrected chi connectivity index (χ4v) is 3.12. The van der Waals surface area contributed by atoms with Crippen LogP contribution in [0.1, 0.15) is 51.8 Å². The Morgan fingerprint density at radius 2 is 1.90 bits per heavy atom. The molecule has 3 rings (SSSR count). The third-order valence-electron chi connectivity index (χ3n) is 3.97. The zero-order valence-electron chi connectivity index (χ0n) is 12.7. The highest BCUT2D eigenvalue weighted by Gasteiger charge is 2.32. The zero-order chi connectivity index (χ0) is 15.0. The molecule has 1 fully saturated rings. The number of hydrogen-bond acceptors (Lipinski definition) is 3. The molecular formula is C17H20N2O2. The molecule has 4 nitrogen and oxygen atoms in total. The van der Waals surface area contributed by atoms with E-state index in [0.717, 1.165) is 47.5 Å². The van der Waals surface area contributed by atoms with Crippen LogP contribution in [0.2, 0.25) is 0 Å². The van der Waals surface area contributed by atoms with Crippen molar-refractivity contribution in [3.63, 3.8) is 0 Å². The van der Waals surface area contributed by atoms with E-state index in [-0.39, 0.29) is 11.9 Å². The van der Waals surface area contributed by atoms with Gasteiger partial charge in [0.1, 0.15) is 11.5 Å². The number of nitrogens with zero attached hydrogens (tertiary/aromatic N) is 2. The molecule has 21 heavy (non-hydrogen) atoms. The van der Waals surface area contributed by atoms with Gasteiger partial charge in [0, 0.05) is 18.2 Å². The van der Waals surface area contributed by atoms with Crippen LogP contribution >= 0.6 is 0 Å². The van der Waals surface area contributed by atoms with Gasteiger partial charge in [-0.05, 0) is 45.7 Å². The molecule has 2 aromatic rings. The van der Waals surface area contributed by atoms with Crippen molar-refractivity contribution in [3.05, 3.63) is 52.4 Å². The van der Waals surface area contributed by atoms with E-state index in [2.05, 4.69) is 11.2 Å². The molecule has 0 unspecified atom stereocenters. The van der Waals surface area contributed by atoms with E-state index in [0.29, 0.717) is 0 Å². The third kappa shape index (κ3) is 2.71. The number of benzene rings is 1. The minimum atomic E-state index is 0.0377. The van der Waals surface area contributed by atoms with Gasteiger partial charge < -0.3 is 9.42 Å². The first kappa shape index (κ1) is 13.9. The van der Waals surface area contributed by atoms with Crippen molar-refractivity contribution in [3.8, 4) is 0 Å². The standard InChI is InChI=1S/C17H20N2O2/c1-11-7-12(2)9-14(8-11)17(20)19-6-4-5-16(19)15-10-13(3)21-18-15/h7-10,16H,4-6H2,1-3H3/t16-/m0/s1. The summed E-state index contributed by atoms with van der Waals surface area (Å²) in [7, 11) is 0. The lowest BCUT2D eigenvalue weighted by Gasteiger charge is -2.23. The molecule has 0 radical (unpaired) electrons. The topological polar surface area (TPSA) is 46.3 Å². The summed E-state index contributed by atoms with van der Waals surface area (Å²) in [5.41, 5.74) is 3.86. The molecule has 0 saturated carbocycles. The van der Waals surface area contributed by atoms with Crippen molar-refractivity contribution in [2.45, 2.75) is 39.7 Å². The summed E-state index contributed by atoms with van der Waals surface area (Å²) in [5.74, 6) is 0.876. The van der Waals surface area contributed by atoms with Gasteiger partial charge in [-0.3, -0.25) is 4.79 Å². The lowest BCUT2D eigenvalue weighted by atomic mass is 10.1. The summed E-state index contributed by atoms with van der Waals surface area (Å²) in [6.07, 6.45) is 1.95. The van der Waals surface area contributed by atoms with Crippen molar-refractivity contribution in [1.29, 1.82) is 0 Å². The molecule has 1 aromatic carbocycles. The number of hydrogen-bond donors (Lipinski definition) is 0. The van der Waals surface area contributed by atoms with Crippen molar-refractivity contribution in [2.75, 3.05) is 6.54 Å². The first-order valence-corrected chi connectivity index (χ1v) is 7.37. The summed E-state index contributed by atoms with van der Waals surface area (Å²) >= 11 is 0. The smallest absolute Gasteiger partial charge is 0.254 e. The van der Waals surface area contributed by atoms with Gasteiger partial charge in [-0.2, -0.15) is 0 Å². The van der Waals surface area contributed by atoms with Crippen molar-refractivity contribution in [2.24, 2.45) is 0 Å². The van der Waals surface area contributed by atoms with Crippen LogP contribution in [-0.4, -0.2) is 22.5 Å². The lowest BCUT2D eigenvalue weighted by molar-refractivity contribution is 0.0730. The largest absolute Gasteiger partial charge is 0.361 e. The molecule has 0 N–H and O–H groups in total.